The van der Waals surface area contributed by atoms with E-state index in [9.17, 15) is 4.79 Å². The van der Waals surface area contributed by atoms with Crippen LogP contribution in [0.2, 0.25) is 0 Å². The molecule has 0 aliphatic carbocycles. The van der Waals surface area contributed by atoms with Crippen LogP contribution in [-0.4, -0.2) is 5.97 Å². The summed E-state index contributed by atoms with van der Waals surface area (Å²) in [5.41, 5.74) is 0.925. The van der Waals surface area contributed by atoms with Crippen LogP contribution in [0, 0.1) is 0 Å². The fourth-order valence-electron chi connectivity index (χ4n) is 0.841. The molecule has 0 radical (unpaired) electrons. The third kappa shape index (κ3) is 2.95. The zero-order chi connectivity index (χ0) is 8.97. The van der Waals surface area contributed by atoms with Gasteiger partial charge >= 0.3 is 5.97 Å². The molecule has 0 aliphatic heterocycles. The summed E-state index contributed by atoms with van der Waals surface area (Å²) in [5.74, 6) is -0.298. The fourth-order valence-corrected chi connectivity index (χ4v) is 1.40. The van der Waals surface area contributed by atoms with E-state index in [0.29, 0.717) is 0 Å². The molecule has 1 aromatic rings. The number of halogens is 2. The van der Waals surface area contributed by atoms with Gasteiger partial charge in [-0.05, 0) is 17.7 Å². The first-order valence-electron chi connectivity index (χ1n) is 3.28. The van der Waals surface area contributed by atoms with Gasteiger partial charge in [0.25, 0.3) is 0 Å². The Morgan fingerprint density at radius 3 is 2.83 bits per heavy atom. The lowest BCUT2D eigenvalue weighted by molar-refractivity contribution is -0.131. The maximum atomic E-state index is 10.8. The van der Waals surface area contributed by atoms with Crippen LogP contribution in [0.4, 0.5) is 0 Å². The molecule has 4 heteroatoms. The van der Waals surface area contributed by atoms with Crippen molar-refractivity contribution in [3.05, 3.63) is 34.3 Å². The number of hydrogen-bond acceptors (Lipinski definition) is 2. The van der Waals surface area contributed by atoms with Crippen molar-refractivity contribution >= 4 is 38.2 Å². The zero-order valence-corrected chi connectivity index (χ0v) is 9.26. The minimum Gasteiger partial charge on any atom is -0.383 e. The summed E-state index contributed by atoms with van der Waals surface area (Å²) >= 11 is 5.94. The van der Waals surface area contributed by atoms with Crippen LogP contribution in [0.3, 0.4) is 0 Å². The summed E-state index contributed by atoms with van der Waals surface area (Å²) in [6, 6.07) is 7.53. The first-order chi connectivity index (χ1) is 5.72. The molecule has 0 N–H and O–H groups in total. The van der Waals surface area contributed by atoms with Crippen molar-refractivity contribution in [2.24, 2.45) is 0 Å². The second kappa shape index (κ2) is 4.62. The van der Waals surface area contributed by atoms with Crippen molar-refractivity contribution in [1.29, 1.82) is 0 Å². The van der Waals surface area contributed by atoms with Gasteiger partial charge in [-0.15, -0.1) is 0 Å². The molecule has 0 heterocycles. The number of benzene rings is 1. The van der Waals surface area contributed by atoms with E-state index in [1.54, 1.807) is 0 Å². The summed E-state index contributed by atoms with van der Waals surface area (Å²) in [7, 11) is 0. The van der Waals surface area contributed by atoms with Gasteiger partial charge in [0.1, 0.15) is 0 Å². The van der Waals surface area contributed by atoms with E-state index in [-0.39, 0.29) is 12.4 Å². The minimum atomic E-state index is -0.298. The van der Waals surface area contributed by atoms with E-state index in [1.807, 2.05) is 24.3 Å². The monoisotopic (exact) mass is 292 g/mol. The predicted molar refractivity (Wildman–Crippen MR) is 52.9 cm³/mol. The van der Waals surface area contributed by atoms with Crippen molar-refractivity contribution < 1.29 is 8.62 Å². The Morgan fingerprint density at radius 1 is 1.50 bits per heavy atom. The van der Waals surface area contributed by atoms with E-state index in [0.717, 1.165) is 10.0 Å². The van der Waals surface area contributed by atoms with Crippen LogP contribution >= 0.6 is 32.2 Å². The number of carbonyl (C=O) groups excluding carboxylic acids is 1. The molecule has 0 amide bonds. The molecule has 0 saturated carbocycles. The van der Waals surface area contributed by atoms with Crippen molar-refractivity contribution in [1.82, 2.24) is 0 Å². The lowest BCUT2D eigenvalue weighted by Gasteiger charge is -1.98. The summed E-state index contributed by atoms with van der Waals surface area (Å²) < 4.78 is 5.31. The maximum absolute atomic E-state index is 10.8. The summed E-state index contributed by atoms with van der Waals surface area (Å²) in [5, 5.41) is 0. The number of carbonyl (C=O) groups is 1. The van der Waals surface area contributed by atoms with Crippen LogP contribution in [0.5, 0.6) is 0 Å². The van der Waals surface area contributed by atoms with Crippen LogP contribution in [0.25, 0.3) is 0 Å². The molecule has 0 saturated heterocycles. The van der Waals surface area contributed by atoms with Gasteiger partial charge in [-0.2, -0.15) is 0 Å². The highest BCUT2D eigenvalue weighted by molar-refractivity contribution is 9.10. The number of hydrogen-bond donors (Lipinski definition) is 0. The second-order valence-corrected chi connectivity index (χ2v) is 3.50. The van der Waals surface area contributed by atoms with Crippen molar-refractivity contribution in [3.63, 3.8) is 0 Å². The van der Waals surface area contributed by atoms with Crippen LogP contribution in [0.1, 0.15) is 5.56 Å². The Labute approximate surface area is 87.5 Å². The first-order valence-corrected chi connectivity index (χ1v) is 4.72. The Kier molecular flexibility index (Phi) is 3.75. The smallest absolute Gasteiger partial charge is 0.321 e. The number of rotatable bonds is 2. The Hall–Kier alpha value is -0.350. The molecular formula is C8H6Br2O2. The topological polar surface area (TPSA) is 26.3 Å². The zero-order valence-electron chi connectivity index (χ0n) is 6.09. The van der Waals surface area contributed by atoms with Gasteiger partial charge < -0.3 is 3.83 Å². The molecule has 0 bridgehead atoms. The van der Waals surface area contributed by atoms with Crippen LogP contribution < -0.4 is 0 Å². The van der Waals surface area contributed by atoms with Gasteiger partial charge in [0.15, 0.2) is 16.3 Å². The second-order valence-electron chi connectivity index (χ2n) is 2.26. The van der Waals surface area contributed by atoms with E-state index in [4.69, 9.17) is 0 Å². The molecule has 64 valence electrons. The Bertz CT molecular complexity index is 286. The molecule has 0 fully saturated rings. The van der Waals surface area contributed by atoms with Crippen LogP contribution in [-0.2, 0) is 15.0 Å². The molecule has 0 unspecified atom stereocenters. The van der Waals surface area contributed by atoms with Crippen LogP contribution in [0.15, 0.2) is 28.7 Å². The normalized spacial score (nSPS) is 9.50. The van der Waals surface area contributed by atoms with Crippen molar-refractivity contribution in [3.8, 4) is 0 Å². The summed E-state index contributed by atoms with van der Waals surface area (Å²) in [6.07, 6.45) is 0.282. The lowest BCUT2D eigenvalue weighted by Crippen LogP contribution is -2.00. The van der Waals surface area contributed by atoms with E-state index in [1.165, 1.54) is 0 Å². The molecule has 0 aromatic heterocycles. The van der Waals surface area contributed by atoms with Gasteiger partial charge in [-0.3, -0.25) is 4.79 Å². The highest BCUT2D eigenvalue weighted by atomic mass is 79.9. The standard InChI is InChI=1S/C8H6Br2O2/c9-7-3-1-2-6(4-7)5-8(11)12-10/h1-4H,5H2. The summed E-state index contributed by atoms with van der Waals surface area (Å²) in [6.45, 7) is 0. The SMILES string of the molecule is O=C(Cc1cccc(Br)c1)OBr. The minimum absolute atomic E-state index is 0.282. The van der Waals surface area contributed by atoms with Gasteiger partial charge in [0.05, 0.1) is 6.42 Å². The molecule has 2 nitrogen and oxygen atoms in total. The van der Waals surface area contributed by atoms with E-state index < -0.39 is 0 Å². The van der Waals surface area contributed by atoms with Gasteiger partial charge in [0.2, 0.25) is 0 Å². The molecule has 0 atom stereocenters. The van der Waals surface area contributed by atoms with Gasteiger partial charge in [0, 0.05) is 4.47 Å². The third-order valence-corrected chi connectivity index (χ3v) is 2.18. The molecule has 0 spiro atoms. The molecule has 12 heavy (non-hydrogen) atoms. The predicted octanol–water partition coefficient (Wildman–Crippen LogP) is 2.84. The molecule has 0 aliphatic rings. The highest BCUT2D eigenvalue weighted by Gasteiger charge is 2.02. The van der Waals surface area contributed by atoms with Crippen molar-refractivity contribution in [2.45, 2.75) is 6.42 Å². The Morgan fingerprint density at radius 2 is 2.25 bits per heavy atom. The molecule has 1 aromatic carbocycles. The van der Waals surface area contributed by atoms with E-state index >= 15 is 0 Å². The third-order valence-electron chi connectivity index (χ3n) is 1.32. The lowest BCUT2D eigenvalue weighted by atomic mass is 10.2. The first kappa shape index (κ1) is 9.74. The molecule has 1 rings (SSSR count). The average molecular weight is 294 g/mol. The largest absolute Gasteiger partial charge is 0.383 e. The van der Waals surface area contributed by atoms with E-state index in [2.05, 4.69) is 36.0 Å². The quantitative estimate of drug-likeness (QED) is 0.838. The Balaban J connectivity index is 2.69. The van der Waals surface area contributed by atoms with Gasteiger partial charge in [-0.1, -0.05) is 28.1 Å². The maximum Gasteiger partial charge on any atom is 0.321 e. The van der Waals surface area contributed by atoms with Gasteiger partial charge in [-0.25, -0.2) is 0 Å². The fraction of sp³-hybridized carbons (Fsp3) is 0.125. The highest BCUT2D eigenvalue weighted by Crippen LogP contribution is 2.12. The summed E-state index contributed by atoms with van der Waals surface area (Å²) in [4.78, 5) is 10.8. The molecular weight excluding hydrogens is 288 g/mol. The van der Waals surface area contributed by atoms with Crippen molar-refractivity contribution in [2.75, 3.05) is 0 Å². The average Bonchev–Trinajstić information content (AvgIpc) is 2.04.